The summed E-state index contributed by atoms with van der Waals surface area (Å²) >= 11 is 0. The fourth-order valence-electron chi connectivity index (χ4n) is 2.09. The molecule has 0 radical (unpaired) electrons. The van der Waals surface area contributed by atoms with Gasteiger partial charge in [0.1, 0.15) is 12.7 Å². The Balaban J connectivity index is 1.66. The van der Waals surface area contributed by atoms with E-state index in [4.69, 9.17) is 9.47 Å². The van der Waals surface area contributed by atoms with Crippen molar-refractivity contribution in [2.24, 2.45) is 5.92 Å². The number of fused-ring (bicyclic) bond motifs is 1. The summed E-state index contributed by atoms with van der Waals surface area (Å²) in [5, 5.41) is 16.1. The zero-order chi connectivity index (χ0) is 15.9. The van der Waals surface area contributed by atoms with Gasteiger partial charge in [0.05, 0.1) is 0 Å². The molecular formula is C16H24N2O4. The van der Waals surface area contributed by atoms with Gasteiger partial charge in [0.25, 0.3) is 0 Å². The molecule has 1 amide bonds. The van der Waals surface area contributed by atoms with E-state index in [1.54, 1.807) is 0 Å². The van der Waals surface area contributed by atoms with E-state index >= 15 is 0 Å². The number of rotatable bonds is 7. The lowest BCUT2D eigenvalue weighted by Gasteiger charge is -2.29. The number of hydrogen-bond acceptors (Lipinski definition) is 5. The highest BCUT2D eigenvalue weighted by molar-refractivity contribution is 5.77. The Labute approximate surface area is 130 Å². The summed E-state index contributed by atoms with van der Waals surface area (Å²) in [5.74, 6) is 1.37. The fourth-order valence-corrected chi connectivity index (χ4v) is 2.09. The van der Waals surface area contributed by atoms with Gasteiger partial charge in [-0.3, -0.25) is 4.79 Å². The Hall–Kier alpha value is -1.79. The fraction of sp³-hybridized carbons (Fsp3) is 0.562. The number of carbonyl (C=O) groups excluding carboxylic acids is 1. The highest BCUT2D eigenvalue weighted by Gasteiger charge is 2.27. The molecule has 0 aliphatic carbocycles. The number of amides is 1. The van der Waals surface area contributed by atoms with Gasteiger partial charge in [0.2, 0.25) is 5.91 Å². The van der Waals surface area contributed by atoms with Crippen molar-refractivity contribution in [1.82, 2.24) is 10.6 Å². The van der Waals surface area contributed by atoms with Crippen LogP contribution in [0.4, 0.5) is 0 Å². The van der Waals surface area contributed by atoms with Crippen LogP contribution in [0, 0.1) is 5.92 Å². The van der Waals surface area contributed by atoms with Crippen molar-refractivity contribution < 1.29 is 19.4 Å². The molecule has 0 spiro atoms. The molecule has 0 bridgehead atoms. The summed E-state index contributed by atoms with van der Waals surface area (Å²) in [6.45, 7) is 5.54. The van der Waals surface area contributed by atoms with Crippen molar-refractivity contribution in [2.45, 2.75) is 26.1 Å². The third kappa shape index (κ3) is 4.61. The van der Waals surface area contributed by atoms with Gasteiger partial charge in [-0.05, 0) is 12.1 Å². The summed E-state index contributed by atoms with van der Waals surface area (Å²) in [6, 6.07) is 7.41. The van der Waals surface area contributed by atoms with Gasteiger partial charge in [-0.15, -0.1) is 0 Å². The monoisotopic (exact) mass is 308 g/mol. The topological polar surface area (TPSA) is 79.8 Å². The number of ether oxygens (including phenoxy) is 2. The minimum atomic E-state index is -0.672. The standard InChI is InChI=1S/C16H24N2O4/c1-11(2)16(20)18-8-7-17-9-12(19)15-10-21-13-5-3-4-6-14(13)22-15/h3-6,11-12,15,17,19H,7-10H2,1-2H3,(H,18,20). The second-order valence-electron chi connectivity index (χ2n) is 5.63. The number of aliphatic hydroxyl groups excluding tert-OH is 1. The van der Waals surface area contributed by atoms with E-state index in [9.17, 15) is 9.90 Å². The summed E-state index contributed by atoms with van der Waals surface area (Å²) in [5.41, 5.74) is 0. The van der Waals surface area contributed by atoms with E-state index in [0.29, 0.717) is 37.7 Å². The average molecular weight is 308 g/mol. The van der Waals surface area contributed by atoms with E-state index < -0.39 is 12.2 Å². The number of para-hydroxylation sites is 2. The molecule has 0 aromatic heterocycles. The van der Waals surface area contributed by atoms with Crippen LogP contribution in [0.5, 0.6) is 11.5 Å². The minimum Gasteiger partial charge on any atom is -0.486 e. The molecular weight excluding hydrogens is 284 g/mol. The van der Waals surface area contributed by atoms with Gasteiger partial charge >= 0.3 is 0 Å². The lowest BCUT2D eigenvalue weighted by molar-refractivity contribution is -0.123. The third-order valence-electron chi connectivity index (χ3n) is 3.44. The van der Waals surface area contributed by atoms with Crippen LogP contribution in [-0.4, -0.2) is 49.5 Å². The van der Waals surface area contributed by atoms with Crippen LogP contribution in [0.2, 0.25) is 0 Å². The molecule has 1 heterocycles. The Kier molecular flexibility index (Phi) is 6.03. The molecule has 1 aliphatic rings. The van der Waals surface area contributed by atoms with Crippen molar-refractivity contribution >= 4 is 5.91 Å². The Bertz CT molecular complexity index is 493. The average Bonchev–Trinajstić information content (AvgIpc) is 2.53. The molecule has 6 heteroatoms. The smallest absolute Gasteiger partial charge is 0.222 e. The van der Waals surface area contributed by atoms with Crippen LogP contribution in [-0.2, 0) is 4.79 Å². The van der Waals surface area contributed by atoms with Crippen LogP contribution >= 0.6 is 0 Å². The normalized spacial score (nSPS) is 18.1. The third-order valence-corrected chi connectivity index (χ3v) is 3.44. The number of aliphatic hydroxyl groups is 1. The highest BCUT2D eigenvalue weighted by atomic mass is 16.6. The predicted octanol–water partition coefficient (Wildman–Crippen LogP) is 0.549. The van der Waals surface area contributed by atoms with Crippen LogP contribution in [0.15, 0.2) is 24.3 Å². The molecule has 3 N–H and O–H groups in total. The van der Waals surface area contributed by atoms with Crippen molar-refractivity contribution in [3.8, 4) is 11.5 Å². The lowest BCUT2D eigenvalue weighted by Crippen LogP contribution is -2.46. The molecule has 1 aromatic rings. The molecule has 2 rings (SSSR count). The zero-order valence-corrected chi connectivity index (χ0v) is 13.0. The first kappa shape index (κ1) is 16.6. The summed E-state index contributed by atoms with van der Waals surface area (Å²) < 4.78 is 11.3. The molecule has 2 atom stereocenters. The number of nitrogens with one attached hydrogen (secondary N) is 2. The quantitative estimate of drug-likeness (QED) is 0.641. The summed E-state index contributed by atoms with van der Waals surface area (Å²) in [7, 11) is 0. The first-order valence-electron chi connectivity index (χ1n) is 7.63. The minimum absolute atomic E-state index is 0.0153. The van der Waals surface area contributed by atoms with E-state index in [1.807, 2.05) is 38.1 Å². The van der Waals surface area contributed by atoms with E-state index in [0.717, 1.165) is 0 Å². The molecule has 0 saturated heterocycles. The van der Waals surface area contributed by atoms with Crippen LogP contribution in [0.1, 0.15) is 13.8 Å². The van der Waals surface area contributed by atoms with Crippen molar-refractivity contribution in [1.29, 1.82) is 0 Å². The van der Waals surface area contributed by atoms with Crippen LogP contribution < -0.4 is 20.1 Å². The Morgan fingerprint density at radius 2 is 2.05 bits per heavy atom. The molecule has 0 fully saturated rings. The largest absolute Gasteiger partial charge is 0.486 e. The first-order valence-corrected chi connectivity index (χ1v) is 7.63. The Morgan fingerprint density at radius 1 is 1.32 bits per heavy atom. The van der Waals surface area contributed by atoms with Gasteiger partial charge in [-0.25, -0.2) is 0 Å². The lowest BCUT2D eigenvalue weighted by atomic mass is 10.2. The van der Waals surface area contributed by atoms with E-state index in [-0.39, 0.29) is 11.8 Å². The SMILES string of the molecule is CC(C)C(=O)NCCNCC(O)C1COc2ccccc2O1. The first-order chi connectivity index (χ1) is 10.6. The van der Waals surface area contributed by atoms with Crippen molar-refractivity contribution in [3.63, 3.8) is 0 Å². The molecule has 2 unspecified atom stereocenters. The van der Waals surface area contributed by atoms with Crippen molar-refractivity contribution in [3.05, 3.63) is 24.3 Å². The zero-order valence-electron chi connectivity index (χ0n) is 13.0. The maximum absolute atomic E-state index is 11.4. The number of hydrogen-bond donors (Lipinski definition) is 3. The number of carbonyl (C=O) groups is 1. The van der Waals surface area contributed by atoms with Gasteiger partial charge in [-0.2, -0.15) is 0 Å². The molecule has 0 saturated carbocycles. The van der Waals surface area contributed by atoms with Gasteiger partial charge in [0.15, 0.2) is 17.6 Å². The maximum Gasteiger partial charge on any atom is 0.222 e. The molecule has 122 valence electrons. The molecule has 1 aliphatic heterocycles. The molecule has 6 nitrogen and oxygen atoms in total. The second kappa shape index (κ2) is 8.00. The van der Waals surface area contributed by atoms with Gasteiger partial charge < -0.3 is 25.2 Å². The van der Waals surface area contributed by atoms with E-state index in [1.165, 1.54) is 0 Å². The van der Waals surface area contributed by atoms with Crippen molar-refractivity contribution in [2.75, 3.05) is 26.2 Å². The van der Waals surface area contributed by atoms with Gasteiger partial charge in [-0.1, -0.05) is 26.0 Å². The Morgan fingerprint density at radius 3 is 2.77 bits per heavy atom. The molecule has 22 heavy (non-hydrogen) atoms. The van der Waals surface area contributed by atoms with Crippen LogP contribution in [0.25, 0.3) is 0 Å². The summed E-state index contributed by atoms with van der Waals surface area (Å²) in [6.07, 6.45) is -1.07. The molecule has 1 aromatic carbocycles. The van der Waals surface area contributed by atoms with Gasteiger partial charge in [0, 0.05) is 25.6 Å². The highest BCUT2D eigenvalue weighted by Crippen LogP contribution is 2.31. The summed E-state index contributed by atoms with van der Waals surface area (Å²) in [4.78, 5) is 11.4. The maximum atomic E-state index is 11.4. The van der Waals surface area contributed by atoms with E-state index in [2.05, 4.69) is 10.6 Å². The second-order valence-corrected chi connectivity index (χ2v) is 5.63. The van der Waals surface area contributed by atoms with Crippen LogP contribution in [0.3, 0.4) is 0 Å². The predicted molar refractivity (Wildman–Crippen MR) is 83.1 cm³/mol. The number of benzene rings is 1.